The van der Waals surface area contributed by atoms with Gasteiger partial charge in [-0.3, -0.25) is 0 Å². The zero-order valence-electron chi connectivity index (χ0n) is 12.9. The van der Waals surface area contributed by atoms with Gasteiger partial charge in [-0.1, -0.05) is 25.1 Å². The Bertz CT molecular complexity index is 653. The van der Waals surface area contributed by atoms with Gasteiger partial charge in [-0.2, -0.15) is 0 Å². The second kappa shape index (κ2) is 6.09. The lowest BCUT2D eigenvalue weighted by atomic mass is 9.85. The van der Waals surface area contributed by atoms with E-state index in [0.717, 1.165) is 42.6 Å². The largest absolute Gasteiger partial charge is 0.487 e. The Labute approximate surface area is 131 Å². The van der Waals surface area contributed by atoms with E-state index in [1.54, 1.807) is 0 Å². The number of hydrogen-bond donors (Lipinski definition) is 1. The number of nitrogens with two attached hydrogens (primary N) is 1. The molecule has 3 rings (SSSR count). The van der Waals surface area contributed by atoms with Crippen LogP contribution in [0, 0.1) is 5.82 Å². The van der Waals surface area contributed by atoms with Crippen molar-refractivity contribution >= 4 is 0 Å². The lowest BCUT2D eigenvalue weighted by molar-refractivity contribution is 0.0360. The van der Waals surface area contributed by atoms with E-state index >= 15 is 0 Å². The molecule has 116 valence electrons. The highest BCUT2D eigenvalue weighted by Gasteiger charge is 2.33. The predicted octanol–water partition coefficient (Wildman–Crippen LogP) is 4.32. The maximum atomic E-state index is 13.0. The third-order valence-corrected chi connectivity index (χ3v) is 4.66. The van der Waals surface area contributed by atoms with E-state index in [9.17, 15) is 4.39 Å². The van der Waals surface area contributed by atoms with Gasteiger partial charge >= 0.3 is 0 Å². The van der Waals surface area contributed by atoms with Gasteiger partial charge in [-0.05, 0) is 73.2 Å². The van der Waals surface area contributed by atoms with Crippen molar-refractivity contribution in [3.63, 3.8) is 0 Å². The first-order valence-electron chi connectivity index (χ1n) is 7.94. The Morgan fingerprint density at radius 1 is 1.14 bits per heavy atom. The molecule has 22 heavy (non-hydrogen) atoms. The summed E-state index contributed by atoms with van der Waals surface area (Å²) >= 11 is 0. The molecular formula is C19H22FNO. The third-order valence-electron chi connectivity index (χ3n) is 4.66. The average molecular weight is 299 g/mol. The van der Waals surface area contributed by atoms with Gasteiger partial charge in [-0.15, -0.1) is 0 Å². The number of fused-ring (bicyclic) bond motifs is 1. The van der Waals surface area contributed by atoms with Crippen LogP contribution in [0.3, 0.4) is 0 Å². The summed E-state index contributed by atoms with van der Waals surface area (Å²) in [6, 6.07) is 12.8. The summed E-state index contributed by atoms with van der Waals surface area (Å²) in [6.07, 6.45) is 3.87. The first kappa shape index (κ1) is 15.0. The molecule has 3 heteroatoms. The smallest absolute Gasteiger partial charge is 0.123 e. The molecular weight excluding hydrogens is 277 g/mol. The Hall–Kier alpha value is -1.87. The number of halogens is 1. The molecule has 1 aliphatic rings. The highest BCUT2D eigenvalue weighted by atomic mass is 19.1. The summed E-state index contributed by atoms with van der Waals surface area (Å²) < 4.78 is 19.3. The van der Waals surface area contributed by atoms with Gasteiger partial charge in [0.1, 0.15) is 17.2 Å². The minimum Gasteiger partial charge on any atom is -0.487 e. The van der Waals surface area contributed by atoms with E-state index in [4.69, 9.17) is 10.5 Å². The fourth-order valence-corrected chi connectivity index (χ4v) is 3.21. The molecule has 0 radical (unpaired) electrons. The molecule has 0 bridgehead atoms. The fraction of sp³-hybridized carbons (Fsp3) is 0.368. The van der Waals surface area contributed by atoms with Crippen molar-refractivity contribution in [2.75, 3.05) is 6.54 Å². The van der Waals surface area contributed by atoms with Gasteiger partial charge in [0.2, 0.25) is 0 Å². The quantitative estimate of drug-likeness (QED) is 0.912. The highest BCUT2D eigenvalue weighted by molar-refractivity contribution is 5.66. The van der Waals surface area contributed by atoms with Gasteiger partial charge in [0.15, 0.2) is 0 Å². The van der Waals surface area contributed by atoms with Crippen molar-refractivity contribution in [2.45, 2.75) is 38.2 Å². The number of rotatable bonds is 4. The molecule has 2 N–H and O–H groups in total. The van der Waals surface area contributed by atoms with E-state index in [0.29, 0.717) is 6.54 Å². The van der Waals surface area contributed by atoms with Gasteiger partial charge in [-0.25, -0.2) is 4.39 Å². The minimum atomic E-state index is -0.209. The van der Waals surface area contributed by atoms with Crippen molar-refractivity contribution in [3.8, 4) is 16.9 Å². The Kier molecular flexibility index (Phi) is 4.16. The van der Waals surface area contributed by atoms with Crippen LogP contribution in [-0.4, -0.2) is 12.1 Å². The van der Waals surface area contributed by atoms with Crippen LogP contribution in [0.1, 0.15) is 31.7 Å². The summed E-state index contributed by atoms with van der Waals surface area (Å²) in [6.45, 7) is 2.81. The summed E-state index contributed by atoms with van der Waals surface area (Å²) in [5, 5.41) is 0. The highest BCUT2D eigenvalue weighted by Crippen LogP contribution is 2.38. The predicted molar refractivity (Wildman–Crippen MR) is 87.5 cm³/mol. The second-order valence-corrected chi connectivity index (χ2v) is 6.01. The maximum Gasteiger partial charge on any atom is 0.123 e. The van der Waals surface area contributed by atoms with Crippen molar-refractivity contribution in [1.82, 2.24) is 0 Å². The molecule has 0 aromatic heterocycles. The Morgan fingerprint density at radius 3 is 2.55 bits per heavy atom. The molecule has 0 spiro atoms. The van der Waals surface area contributed by atoms with Crippen LogP contribution in [0.25, 0.3) is 11.1 Å². The van der Waals surface area contributed by atoms with E-state index in [-0.39, 0.29) is 11.4 Å². The van der Waals surface area contributed by atoms with Crippen LogP contribution in [-0.2, 0) is 6.42 Å². The number of hydrogen-bond acceptors (Lipinski definition) is 2. The van der Waals surface area contributed by atoms with Crippen LogP contribution in [0.15, 0.2) is 42.5 Å². The van der Waals surface area contributed by atoms with Gasteiger partial charge in [0, 0.05) is 0 Å². The fourth-order valence-electron chi connectivity index (χ4n) is 3.21. The van der Waals surface area contributed by atoms with E-state index < -0.39 is 0 Å². The molecule has 1 aliphatic heterocycles. The van der Waals surface area contributed by atoms with Crippen LogP contribution in [0.4, 0.5) is 4.39 Å². The topological polar surface area (TPSA) is 35.2 Å². The summed E-state index contributed by atoms with van der Waals surface area (Å²) in [5.74, 6) is 0.756. The Morgan fingerprint density at radius 2 is 1.86 bits per heavy atom. The van der Waals surface area contributed by atoms with Crippen LogP contribution < -0.4 is 10.5 Å². The molecule has 0 amide bonds. The van der Waals surface area contributed by atoms with Gasteiger partial charge in [0.25, 0.3) is 0 Å². The summed E-state index contributed by atoms with van der Waals surface area (Å²) in [5.41, 5.74) is 8.98. The first-order chi connectivity index (χ1) is 10.7. The van der Waals surface area contributed by atoms with Gasteiger partial charge in [0.05, 0.1) is 0 Å². The zero-order chi connectivity index (χ0) is 15.6. The van der Waals surface area contributed by atoms with Crippen LogP contribution in [0.2, 0.25) is 0 Å². The van der Waals surface area contributed by atoms with Crippen LogP contribution in [0.5, 0.6) is 5.75 Å². The minimum absolute atomic E-state index is 0.112. The van der Waals surface area contributed by atoms with E-state index in [2.05, 4.69) is 13.0 Å². The Balaban J connectivity index is 1.88. The molecule has 0 fully saturated rings. The van der Waals surface area contributed by atoms with Crippen molar-refractivity contribution < 1.29 is 9.13 Å². The average Bonchev–Trinajstić information content (AvgIpc) is 2.55. The molecule has 1 heterocycles. The monoisotopic (exact) mass is 299 g/mol. The maximum absolute atomic E-state index is 13.0. The molecule has 0 saturated carbocycles. The van der Waals surface area contributed by atoms with Crippen molar-refractivity contribution in [3.05, 3.63) is 53.8 Å². The number of aryl methyl sites for hydroxylation is 1. The standard InChI is InChI=1S/C19H22FNO/c1-2-19(11-12-21)10-9-16-13-15(5-8-18(16)22-19)14-3-6-17(20)7-4-14/h3-8,13H,2,9-12,21H2,1H3. The lowest BCUT2D eigenvalue weighted by Gasteiger charge is -2.38. The summed E-state index contributed by atoms with van der Waals surface area (Å²) in [4.78, 5) is 0. The molecule has 0 saturated heterocycles. The molecule has 0 aliphatic carbocycles. The van der Waals surface area contributed by atoms with Crippen molar-refractivity contribution in [2.24, 2.45) is 5.73 Å². The van der Waals surface area contributed by atoms with Gasteiger partial charge < -0.3 is 10.5 Å². The molecule has 1 atom stereocenters. The molecule has 1 unspecified atom stereocenters. The molecule has 2 nitrogen and oxygen atoms in total. The molecule has 2 aromatic carbocycles. The first-order valence-corrected chi connectivity index (χ1v) is 7.94. The second-order valence-electron chi connectivity index (χ2n) is 6.01. The van der Waals surface area contributed by atoms with E-state index in [1.165, 1.54) is 17.7 Å². The molecule has 2 aromatic rings. The zero-order valence-corrected chi connectivity index (χ0v) is 12.9. The lowest BCUT2D eigenvalue weighted by Crippen LogP contribution is -2.40. The number of benzene rings is 2. The SMILES string of the molecule is CCC1(CCN)CCc2cc(-c3ccc(F)cc3)ccc2O1. The van der Waals surface area contributed by atoms with Crippen LogP contribution >= 0.6 is 0 Å². The third kappa shape index (κ3) is 2.86. The normalized spacial score (nSPS) is 20.3. The van der Waals surface area contributed by atoms with Crippen molar-refractivity contribution in [1.29, 1.82) is 0 Å². The summed E-state index contributed by atoms with van der Waals surface area (Å²) in [7, 11) is 0. The van der Waals surface area contributed by atoms with E-state index in [1.807, 2.05) is 24.3 Å². The number of ether oxygens (including phenoxy) is 1.